The first-order valence-corrected chi connectivity index (χ1v) is 7.18. The molecule has 0 aliphatic carbocycles. The number of benzene rings is 1. The van der Waals surface area contributed by atoms with Crippen LogP contribution in [0.15, 0.2) is 33.1 Å². The van der Waals surface area contributed by atoms with Crippen LogP contribution in [0.25, 0.3) is 10.6 Å². The fraction of sp³-hybridized carbons (Fsp3) is 0.100. The summed E-state index contributed by atoms with van der Waals surface area (Å²) < 4.78 is 1.65. The number of hydrogen-bond donors (Lipinski definition) is 1. The molecule has 1 N–H and O–H groups in total. The molecule has 88 valence electrons. The van der Waals surface area contributed by atoms with Crippen molar-refractivity contribution in [1.29, 1.82) is 0 Å². The van der Waals surface area contributed by atoms with Gasteiger partial charge in [0.1, 0.15) is 5.01 Å². The predicted octanol–water partition coefficient (Wildman–Crippen LogP) is 3.14. The number of nitrogens with zero attached hydrogens (tertiary/aromatic N) is 2. The maximum atomic E-state index is 10.4. The van der Waals surface area contributed by atoms with E-state index in [0.29, 0.717) is 4.34 Å². The number of carbonyl (C=O) groups is 1. The van der Waals surface area contributed by atoms with Crippen LogP contribution in [0.2, 0.25) is 0 Å². The van der Waals surface area contributed by atoms with Crippen LogP contribution < -0.4 is 0 Å². The molecule has 4 nitrogen and oxygen atoms in total. The maximum Gasteiger partial charge on any atom is 0.313 e. The highest BCUT2D eigenvalue weighted by Crippen LogP contribution is 2.30. The van der Waals surface area contributed by atoms with Crippen LogP contribution in [0, 0.1) is 0 Å². The van der Waals surface area contributed by atoms with Crippen LogP contribution in [0.5, 0.6) is 0 Å². The Kier molecular flexibility index (Phi) is 4.14. The van der Waals surface area contributed by atoms with Gasteiger partial charge in [0, 0.05) is 10.0 Å². The van der Waals surface area contributed by atoms with Crippen LogP contribution in [-0.4, -0.2) is 27.0 Å². The fourth-order valence-corrected chi connectivity index (χ4v) is 3.10. The van der Waals surface area contributed by atoms with Crippen molar-refractivity contribution in [2.75, 3.05) is 5.75 Å². The summed E-state index contributed by atoms with van der Waals surface area (Å²) in [6, 6.07) is 7.75. The number of aliphatic carboxylic acids is 1. The molecular weight excluding hydrogens is 324 g/mol. The van der Waals surface area contributed by atoms with Crippen molar-refractivity contribution in [1.82, 2.24) is 10.2 Å². The van der Waals surface area contributed by atoms with Crippen molar-refractivity contribution < 1.29 is 9.90 Å². The Bertz CT molecular complexity index is 545. The van der Waals surface area contributed by atoms with Crippen LogP contribution in [0.1, 0.15) is 0 Å². The molecule has 7 heteroatoms. The number of carboxylic acids is 1. The number of halogens is 1. The summed E-state index contributed by atoms with van der Waals surface area (Å²) in [5, 5.41) is 17.3. The largest absolute Gasteiger partial charge is 0.481 e. The minimum atomic E-state index is -0.853. The molecule has 0 unspecified atom stereocenters. The third-order valence-electron chi connectivity index (χ3n) is 1.80. The Morgan fingerprint density at radius 3 is 3.00 bits per heavy atom. The molecule has 0 fully saturated rings. The third-order valence-corrected chi connectivity index (χ3v) is 4.38. The normalized spacial score (nSPS) is 10.4. The van der Waals surface area contributed by atoms with E-state index in [-0.39, 0.29) is 5.75 Å². The van der Waals surface area contributed by atoms with E-state index in [1.54, 1.807) is 0 Å². The third kappa shape index (κ3) is 3.52. The second-order valence-electron chi connectivity index (χ2n) is 3.07. The molecule has 0 amide bonds. The molecule has 0 saturated carbocycles. The highest BCUT2D eigenvalue weighted by molar-refractivity contribution is 9.10. The Morgan fingerprint density at radius 1 is 1.47 bits per heavy atom. The summed E-state index contributed by atoms with van der Waals surface area (Å²) in [6.45, 7) is 0. The lowest BCUT2D eigenvalue weighted by Crippen LogP contribution is -1.96. The lowest BCUT2D eigenvalue weighted by Gasteiger charge is -1.94. The second kappa shape index (κ2) is 5.61. The van der Waals surface area contributed by atoms with Gasteiger partial charge in [-0.15, -0.1) is 10.2 Å². The molecule has 2 rings (SSSR count). The number of rotatable bonds is 4. The Hall–Kier alpha value is -0.920. The van der Waals surface area contributed by atoms with E-state index in [9.17, 15) is 4.79 Å². The van der Waals surface area contributed by atoms with Crippen LogP contribution >= 0.6 is 39.0 Å². The number of carboxylic acid groups (broad SMARTS) is 1. The molecule has 0 aliphatic heterocycles. The van der Waals surface area contributed by atoms with Gasteiger partial charge in [0.05, 0.1) is 5.75 Å². The van der Waals surface area contributed by atoms with E-state index in [1.807, 2.05) is 24.3 Å². The van der Waals surface area contributed by atoms with Crippen LogP contribution in [0.4, 0.5) is 0 Å². The molecule has 1 aromatic heterocycles. The summed E-state index contributed by atoms with van der Waals surface area (Å²) in [5.74, 6) is -0.846. The Morgan fingerprint density at radius 2 is 2.29 bits per heavy atom. The van der Waals surface area contributed by atoms with Gasteiger partial charge in [-0.2, -0.15) is 0 Å². The smallest absolute Gasteiger partial charge is 0.313 e. The first kappa shape index (κ1) is 12.5. The van der Waals surface area contributed by atoms with E-state index in [1.165, 1.54) is 23.1 Å². The van der Waals surface area contributed by atoms with Gasteiger partial charge < -0.3 is 5.11 Å². The zero-order chi connectivity index (χ0) is 12.3. The van der Waals surface area contributed by atoms with Gasteiger partial charge in [-0.3, -0.25) is 4.79 Å². The number of hydrogen-bond acceptors (Lipinski definition) is 5. The molecule has 0 bridgehead atoms. The predicted molar refractivity (Wildman–Crippen MR) is 71.4 cm³/mol. The monoisotopic (exact) mass is 330 g/mol. The van der Waals surface area contributed by atoms with E-state index in [0.717, 1.165) is 15.0 Å². The Balaban J connectivity index is 2.15. The maximum absolute atomic E-state index is 10.4. The van der Waals surface area contributed by atoms with Crippen LogP contribution in [-0.2, 0) is 4.79 Å². The Labute approximate surface area is 114 Å². The lowest BCUT2D eigenvalue weighted by molar-refractivity contribution is -0.133. The standard InChI is InChI=1S/C10H7BrN2O2S2/c11-7-3-1-2-6(4-7)9-12-13-10(17-9)16-5-8(14)15/h1-4H,5H2,(H,14,15). The van der Waals surface area contributed by atoms with E-state index in [2.05, 4.69) is 26.1 Å². The molecule has 0 saturated heterocycles. The van der Waals surface area contributed by atoms with Crippen molar-refractivity contribution in [2.24, 2.45) is 0 Å². The zero-order valence-corrected chi connectivity index (χ0v) is 11.7. The summed E-state index contributed by atoms with van der Waals surface area (Å²) in [5.41, 5.74) is 0.971. The molecular formula is C10H7BrN2O2S2. The molecule has 17 heavy (non-hydrogen) atoms. The van der Waals surface area contributed by atoms with Crippen molar-refractivity contribution in [2.45, 2.75) is 4.34 Å². The first-order valence-electron chi connectivity index (χ1n) is 4.59. The van der Waals surface area contributed by atoms with Crippen molar-refractivity contribution in [3.8, 4) is 10.6 Å². The minimum Gasteiger partial charge on any atom is -0.481 e. The van der Waals surface area contributed by atoms with Gasteiger partial charge in [-0.05, 0) is 12.1 Å². The molecule has 0 atom stereocenters. The summed E-state index contributed by atoms with van der Waals surface area (Å²) >= 11 is 5.96. The minimum absolute atomic E-state index is 0.00706. The van der Waals surface area contributed by atoms with E-state index < -0.39 is 5.97 Å². The van der Waals surface area contributed by atoms with Gasteiger partial charge in [0.2, 0.25) is 0 Å². The van der Waals surface area contributed by atoms with Gasteiger partial charge in [0.15, 0.2) is 4.34 Å². The van der Waals surface area contributed by atoms with Gasteiger partial charge in [-0.1, -0.05) is 51.2 Å². The SMILES string of the molecule is O=C(O)CSc1nnc(-c2cccc(Br)c2)s1. The number of aromatic nitrogens is 2. The highest BCUT2D eigenvalue weighted by Gasteiger charge is 2.08. The van der Waals surface area contributed by atoms with Gasteiger partial charge in [0.25, 0.3) is 0 Å². The van der Waals surface area contributed by atoms with Crippen LogP contribution in [0.3, 0.4) is 0 Å². The summed E-state index contributed by atoms with van der Waals surface area (Å²) in [7, 11) is 0. The number of thioether (sulfide) groups is 1. The molecule has 1 aromatic carbocycles. The van der Waals surface area contributed by atoms with Gasteiger partial charge >= 0.3 is 5.97 Å². The van der Waals surface area contributed by atoms with Gasteiger partial charge in [-0.25, -0.2) is 0 Å². The quantitative estimate of drug-likeness (QED) is 0.872. The lowest BCUT2D eigenvalue weighted by atomic mass is 10.2. The first-order chi connectivity index (χ1) is 8.15. The van der Waals surface area contributed by atoms with Crippen molar-refractivity contribution in [3.63, 3.8) is 0 Å². The zero-order valence-electron chi connectivity index (χ0n) is 8.46. The second-order valence-corrected chi connectivity index (χ2v) is 6.18. The average Bonchev–Trinajstić information content (AvgIpc) is 2.75. The van der Waals surface area contributed by atoms with Crippen molar-refractivity contribution >= 4 is 45.0 Å². The highest BCUT2D eigenvalue weighted by atomic mass is 79.9. The molecule has 0 spiro atoms. The topological polar surface area (TPSA) is 63.1 Å². The summed E-state index contributed by atoms with van der Waals surface area (Å²) in [4.78, 5) is 10.4. The molecule has 0 radical (unpaired) electrons. The van der Waals surface area contributed by atoms with E-state index in [4.69, 9.17) is 5.11 Å². The fourth-order valence-electron chi connectivity index (χ4n) is 1.13. The van der Waals surface area contributed by atoms with E-state index >= 15 is 0 Å². The average molecular weight is 331 g/mol. The summed E-state index contributed by atoms with van der Waals surface area (Å²) in [6.07, 6.45) is 0. The molecule has 1 heterocycles. The van der Waals surface area contributed by atoms with Crippen molar-refractivity contribution in [3.05, 3.63) is 28.7 Å². The molecule has 2 aromatic rings. The molecule has 0 aliphatic rings.